The Morgan fingerprint density at radius 3 is 2.20 bits per heavy atom. The summed E-state index contributed by atoms with van der Waals surface area (Å²) in [5, 5.41) is 40.4. The fourth-order valence-electron chi connectivity index (χ4n) is 10.7. The van der Waals surface area contributed by atoms with Gasteiger partial charge in [0.05, 0.1) is 12.7 Å². The number of fused-ring (bicyclic) bond motifs is 5. The fourth-order valence-corrected chi connectivity index (χ4v) is 10.7. The molecule has 4 saturated carbocycles. The SMILES string of the molecule is CC(C)[C@H](C)CC[C@@H](C)[C@H]1CC[C@H]2[C@@H]3CC[C@H]4C[C@@H](O[C@@H]5O[C@H](CO)[C@H](O)[C@H](O)[C@H]5O)CC[C@]4(C)[C@H]3CC[C@]12C. The van der Waals surface area contributed by atoms with Gasteiger partial charge in [0.25, 0.3) is 0 Å². The van der Waals surface area contributed by atoms with Gasteiger partial charge in [-0.15, -0.1) is 0 Å². The smallest absolute Gasteiger partial charge is 0.186 e. The quantitative estimate of drug-likeness (QED) is 0.289. The van der Waals surface area contributed by atoms with E-state index < -0.39 is 37.3 Å². The molecule has 5 fully saturated rings. The summed E-state index contributed by atoms with van der Waals surface area (Å²) >= 11 is 0. The molecule has 5 rings (SSSR count). The van der Waals surface area contributed by atoms with Crippen LogP contribution in [0.5, 0.6) is 0 Å². The molecule has 232 valence electrons. The highest BCUT2D eigenvalue weighted by molar-refractivity contribution is 5.10. The van der Waals surface area contributed by atoms with Crippen LogP contribution in [0.3, 0.4) is 0 Å². The van der Waals surface area contributed by atoms with Crippen LogP contribution in [0.25, 0.3) is 0 Å². The molecule has 0 unspecified atom stereocenters. The summed E-state index contributed by atoms with van der Waals surface area (Å²) in [5.41, 5.74) is 0.851. The first-order valence-corrected chi connectivity index (χ1v) is 16.9. The third kappa shape index (κ3) is 5.45. The molecule has 0 radical (unpaired) electrons. The normalized spacial score (nSPS) is 50.6. The number of rotatable bonds is 8. The Balaban J connectivity index is 1.21. The summed E-state index contributed by atoms with van der Waals surface area (Å²) in [6.45, 7) is 14.6. The Kier molecular flexibility index (Phi) is 9.39. The highest BCUT2D eigenvalue weighted by Gasteiger charge is 2.61. The Bertz CT molecular complexity index is 848. The summed E-state index contributed by atoms with van der Waals surface area (Å²) in [4.78, 5) is 0. The number of aliphatic hydroxyl groups excluding tert-OH is 4. The van der Waals surface area contributed by atoms with Gasteiger partial charge in [-0.25, -0.2) is 0 Å². The van der Waals surface area contributed by atoms with Gasteiger partial charge < -0.3 is 29.9 Å². The van der Waals surface area contributed by atoms with E-state index >= 15 is 0 Å². The molecule has 6 heteroatoms. The molecule has 0 aromatic heterocycles. The van der Waals surface area contributed by atoms with Gasteiger partial charge in [-0.05, 0) is 116 Å². The van der Waals surface area contributed by atoms with Crippen molar-refractivity contribution in [1.29, 1.82) is 0 Å². The highest BCUT2D eigenvalue weighted by atomic mass is 16.7. The van der Waals surface area contributed by atoms with E-state index in [2.05, 4.69) is 41.5 Å². The van der Waals surface area contributed by atoms with E-state index in [1.807, 2.05) is 0 Å². The van der Waals surface area contributed by atoms with Crippen LogP contribution >= 0.6 is 0 Å². The zero-order valence-electron chi connectivity index (χ0n) is 26.2. The lowest BCUT2D eigenvalue weighted by atomic mass is 9.44. The van der Waals surface area contributed by atoms with Crippen molar-refractivity contribution in [3.63, 3.8) is 0 Å². The maximum atomic E-state index is 10.5. The van der Waals surface area contributed by atoms with Crippen LogP contribution in [0.4, 0.5) is 0 Å². The van der Waals surface area contributed by atoms with E-state index in [0.717, 1.165) is 60.7 Å². The third-order valence-corrected chi connectivity index (χ3v) is 13.8. The van der Waals surface area contributed by atoms with Gasteiger partial charge in [-0.1, -0.05) is 54.4 Å². The van der Waals surface area contributed by atoms with Crippen molar-refractivity contribution in [3.05, 3.63) is 0 Å². The Labute approximate surface area is 243 Å². The second kappa shape index (κ2) is 12.0. The Morgan fingerprint density at radius 2 is 1.50 bits per heavy atom. The van der Waals surface area contributed by atoms with Crippen LogP contribution in [0.1, 0.15) is 112 Å². The third-order valence-electron chi connectivity index (χ3n) is 13.8. The number of aliphatic hydroxyl groups is 4. The first kappa shape index (κ1) is 31.2. The summed E-state index contributed by atoms with van der Waals surface area (Å²) in [6, 6.07) is 0. The minimum Gasteiger partial charge on any atom is -0.394 e. The molecule has 5 aliphatic rings. The lowest BCUT2D eigenvalue weighted by Crippen LogP contribution is -2.60. The van der Waals surface area contributed by atoms with Crippen LogP contribution < -0.4 is 0 Å². The van der Waals surface area contributed by atoms with Gasteiger partial charge in [-0.3, -0.25) is 0 Å². The molecule has 0 aromatic rings. The number of ether oxygens (including phenoxy) is 2. The lowest BCUT2D eigenvalue weighted by Gasteiger charge is -2.61. The second-order valence-electron chi connectivity index (χ2n) is 15.9. The molecule has 0 amide bonds. The zero-order valence-corrected chi connectivity index (χ0v) is 26.2. The van der Waals surface area contributed by atoms with E-state index in [4.69, 9.17) is 9.47 Å². The minimum absolute atomic E-state index is 0.0325. The summed E-state index contributed by atoms with van der Waals surface area (Å²) in [5.74, 6) is 6.45. The molecule has 6 nitrogen and oxygen atoms in total. The molecule has 1 aliphatic heterocycles. The maximum absolute atomic E-state index is 10.5. The lowest BCUT2D eigenvalue weighted by molar-refractivity contribution is -0.316. The van der Waals surface area contributed by atoms with Crippen LogP contribution in [-0.4, -0.2) is 63.8 Å². The largest absolute Gasteiger partial charge is 0.394 e. The van der Waals surface area contributed by atoms with Crippen molar-refractivity contribution >= 4 is 0 Å². The molecule has 40 heavy (non-hydrogen) atoms. The molecule has 15 atom stereocenters. The summed E-state index contributed by atoms with van der Waals surface area (Å²) in [6.07, 6.45) is 7.98. The van der Waals surface area contributed by atoms with E-state index in [9.17, 15) is 20.4 Å². The van der Waals surface area contributed by atoms with Crippen LogP contribution in [-0.2, 0) is 9.47 Å². The van der Waals surface area contributed by atoms with E-state index in [0.29, 0.717) is 16.7 Å². The van der Waals surface area contributed by atoms with Gasteiger partial charge in [0, 0.05) is 0 Å². The Morgan fingerprint density at radius 1 is 0.800 bits per heavy atom. The van der Waals surface area contributed by atoms with E-state index in [-0.39, 0.29) is 6.10 Å². The minimum atomic E-state index is -1.38. The predicted octanol–water partition coefficient (Wildman–Crippen LogP) is 5.54. The van der Waals surface area contributed by atoms with E-state index in [1.54, 1.807) is 0 Å². The van der Waals surface area contributed by atoms with Crippen molar-refractivity contribution in [2.24, 2.45) is 58.2 Å². The van der Waals surface area contributed by atoms with Gasteiger partial charge >= 0.3 is 0 Å². The average Bonchev–Trinajstić information content (AvgIpc) is 3.29. The fraction of sp³-hybridized carbons (Fsp3) is 1.00. The molecule has 0 spiro atoms. The molecular formula is C34H60O6. The first-order chi connectivity index (χ1) is 18.9. The molecular weight excluding hydrogens is 504 g/mol. The van der Waals surface area contributed by atoms with Crippen molar-refractivity contribution in [1.82, 2.24) is 0 Å². The second-order valence-corrected chi connectivity index (χ2v) is 15.9. The van der Waals surface area contributed by atoms with Crippen molar-refractivity contribution in [2.75, 3.05) is 6.61 Å². The summed E-state index contributed by atoms with van der Waals surface area (Å²) < 4.78 is 11.9. The van der Waals surface area contributed by atoms with Crippen LogP contribution in [0.15, 0.2) is 0 Å². The van der Waals surface area contributed by atoms with Crippen LogP contribution in [0.2, 0.25) is 0 Å². The summed E-state index contributed by atoms with van der Waals surface area (Å²) in [7, 11) is 0. The Hall–Kier alpha value is -0.240. The molecule has 0 aromatic carbocycles. The monoisotopic (exact) mass is 564 g/mol. The molecule has 0 bridgehead atoms. The highest BCUT2D eigenvalue weighted by Crippen LogP contribution is 2.68. The van der Waals surface area contributed by atoms with Gasteiger partial charge in [-0.2, -0.15) is 0 Å². The van der Waals surface area contributed by atoms with Crippen molar-refractivity contribution < 1.29 is 29.9 Å². The maximum Gasteiger partial charge on any atom is 0.186 e. The number of hydrogen-bond acceptors (Lipinski definition) is 6. The van der Waals surface area contributed by atoms with Crippen molar-refractivity contribution in [3.8, 4) is 0 Å². The zero-order chi connectivity index (χ0) is 29.0. The van der Waals surface area contributed by atoms with Gasteiger partial charge in [0.15, 0.2) is 6.29 Å². The van der Waals surface area contributed by atoms with Crippen LogP contribution in [0, 0.1) is 58.2 Å². The van der Waals surface area contributed by atoms with E-state index in [1.165, 1.54) is 51.4 Å². The van der Waals surface area contributed by atoms with Gasteiger partial charge in [0.1, 0.15) is 24.4 Å². The molecule has 4 N–H and O–H groups in total. The number of hydrogen-bond donors (Lipinski definition) is 4. The van der Waals surface area contributed by atoms with Crippen molar-refractivity contribution in [2.45, 2.75) is 149 Å². The first-order valence-electron chi connectivity index (χ1n) is 16.9. The molecule has 4 aliphatic carbocycles. The standard InChI is InChI=1S/C34H60O6/c1-19(2)20(3)7-8-21(4)25-11-12-26-24-10-9-22-17-23(13-15-33(22,5)27(24)14-16-34(25,26)6)39-32-31(38)30(37)29(36)28(18-35)40-32/h19-32,35-38H,7-18H2,1-6H3/t20-,21-,22+,23+,24+,25-,26+,27+,28-,29+,30+,31-,32-,33+,34-/m1/s1. The van der Waals surface area contributed by atoms with Gasteiger partial charge in [0.2, 0.25) is 0 Å². The predicted molar refractivity (Wildman–Crippen MR) is 156 cm³/mol. The molecule has 1 heterocycles. The average molecular weight is 565 g/mol. The topological polar surface area (TPSA) is 99.4 Å². The molecule has 1 saturated heterocycles.